The average molecular weight is 364 g/mol. The lowest BCUT2D eigenvalue weighted by atomic mass is 10.3. The predicted molar refractivity (Wildman–Crippen MR) is 87.9 cm³/mol. The highest BCUT2D eigenvalue weighted by Crippen LogP contribution is 2.24. The molecule has 1 amide bonds. The molecule has 0 bridgehead atoms. The van der Waals surface area contributed by atoms with Gasteiger partial charge in [-0.25, -0.2) is 4.98 Å². The van der Waals surface area contributed by atoms with Crippen molar-refractivity contribution in [2.24, 2.45) is 7.05 Å². The summed E-state index contributed by atoms with van der Waals surface area (Å²) in [5.41, 5.74) is 0.509. The molecule has 0 aliphatic carbocycles. The number of amides is 1. The first-order chi connectivity index (χ1) is 10.6. The van der Waals surface area contributed by atoms with E-state index in [-0.39, 0.29) is 5.91 Å². The molecule has 0 unspecified atom stereocenters. The highest BCUT2D eigenvalue weighted by Gasteiger charge is 2.23. The Balaban J connectivity index is 1.70. The predicted octanol–water partition coefficient (Wildman–Crippen LogP) is 1.93. The summed E-state index contributed by atoms with van der Waals surface area (Å²) in [6, 6.07) is 5.66. The number of aromatic nitrogens is 3. The van der Waals surface area contributed by atoms with E-state index in [4.69, 9.17) is 0 Å². The number of hydrogen-bond acceptors (Lipinski definition) is 4. The number of rotatable bonds is 2. The molecule has 1 aliphatic rings. The molecule has 1 aliphatic heterocycles. The second-order valence-electron chi connectivity index (χ2n) is 5.32. The van der Waals surface area contributed by atoms with E-state index in [2.05, 4.69) is 30.9 Å². The Kier molecular flexibility index (Phi) is 4.42. The lowest BCUT2D eigenvalue weighted by Crippen LogP contribution is -2.35. The summed E-state index contributed by atoms with van der Waals surface area (Å²) in [4.78, 5) is 21.0. The minimum atomic E-state index is 0.00235. The van der Waals surface area contributed by atoms with Crippen LogP contribution in [0.2, 0.25) is 0 Å². The average Bonchev–Trinajstić information content (AvgIpc) is 2.81. The Morgan fingerprint density at radius 2 is 2.09 bits per heavy atom. The topological polar surface area (TPSA) is 54.3 Å². The van der Waals surface area contributed by atoms with E-state index in [9.17, 15) is 4.79 Å². The van der Waals surface area contributed by atoms with Crippen LogP contribution in [0.25, 0.3) is 0 Å². The summed E-state index contributed by atoms with van der Waals surface area (Å²) < 4.78 is 2.64. The SMILES string of the molecule is Cn1ccc(C(=O)N2CCCN(c3ncccc3Br)CC2)n1. The van der Waals surface area contributed by atoms with E-state index in [1.54, 1.807) is 23.1 Å². The van der Waals surface area contributed by atoms with E-state index in [0.717, 1.165) is 36.3 Å². The molecule has 116 valence electrons. The number of hydrogen-bond donors (Lipinski definition) is 0. The van der Waals surface area contributed by atoms with Crippen molar-refractivity contribution in [3.05, 3.63) is 40.8 Å². The Bertz CT molecular complexity index is 671. The molecule has 0 radical (unpaired) electrons. The van der Waals surface area contributed by atoms with Gasteiger partial charge in [0, 0.05) is 45.6 Å². The van der Waals surface area contributed by atoms with Crippen molar-refractivity contribution in [2.75, 3.05) is 31.1 Å². The number of carbonyl (C=O) groups is 1. The highest BCUT2D eigenvalue weighted by atomic mass is 79.9. The minimum Gasteiger partial charge on any atom is -0.354 e. The second kappa shape index (κ2) is 6.48. The van der Waals surface area contributed by atoms with Gasteiger partial charge in [0.15, 0.2) is 0 Å². The van der Waals surface area contributed by atoms with Crippen LogP contribution in [0.5, 0.6) is 0 Å². The summed E-state index contributed by atoms with van der Waals surface area (Å²) in [6.07, 6.45) is 4.51. The summed E-state index contributed by atoms with van der Waals surface area (Å²) in [6.45, 7) is 3.09. The molecular weight excluding hydrogens is 346 g/mol. The number of carbonyl (C=O) groups excluding carboxylic acids is 1. The summed E-state index contributed by atoms with van der Waals surface area (Å²) in [7, 11) is 1.82. The number of aryl methyl sites for hydroxylation is 1. The first-order valence-electron chi connectivity index (χ1n) is 7.29. The van der Waals surface area contributed by atoms with Crippen LogP contribution in [0.4, 0.5) is 5.82 Å². The highest BCUT2D eigenvalue weighted by molar-refractivity contribution is 9.10. The largest absolute Gasteiger partial charge is 0.354 e. The van der Waals surface area contributed by atoms with Gasteiger partial charge in [0.05, 0.1) is 4.47 Å². The third-order valence-corrected chi connectivity index (χ3v) is 4.37. The summed E-state index contributed by atoms with van der Waals surface area (Å²) in [5.74, 6) is 0.942. The zero-order valence-corrected chi connectivity index (χ0v) is 14.0. The minimum absolute atomic E-state index is 0.00235. The lowest BCUT2D eigenvalue weighted by molar-refractivity contribution is 0.0760. The van der Waals surface area contributed by atoms with Crippen LogP contribution in [-0.2, 0) is 7.05 Å². The zero-order valence-electron chi connectivity index (χ0n) is 12.4. The van der Waals surface area contributed by atoms with Crippen molar-refractivity contribution in [1.29, 1.82) is 0 Å². The molecule has 3 heterocycles. The van der Waals surface area contributed by atoms with Crippen molar-refractivity contribution in [3.63, 3.8) is 0 Å². The van der Waals surface area contributed by atoms with Gasteiger partial charge < -0.3 is 9.80 Å². The van der Waals surface area contributed by atoms with Gasteiger partial charge in [0.25, 0.3) is 5.91 Å². The molecule has 1 saturated heterocycles. The number of nitrogens with zero attached hydrogens (tertiary/aromatic N) is 5. The molecular formula is C15H18BrN5O. The van der Waals surface area contributed by atoms with Gasteiger partial charge in [0.1, 0.15) is 11.5 Å². The van der Waals surface area contributed by atoms with Crippen molar-refractivity contribution >= 4 is 27.7 Å². The molecule has 1 fully saturated rings. The van der Waals surface area contributed by atoms with Gasteiger partial charge in [-0.1, -0.05) is 0 Å². The van der Waals surface area contributed by atoms with E-state index in [1.807, 2.05) is 24.1 Å². The molecule has 0 aromatic carbocycles. The van der Waals surface area contributed by atoms with Crippen molar-refractivity contribution in [1.82, 2.24) is 19.7 Å². The third kappa shape index (κ3) is 3.14. The normalized spacial score (nSPS) is 15.7. The third-order valence-electron chi connectivity index (χ3n) is 3.75. The first kappa shape index (κ1) is 15.0. The smallest absolute Gasteiger partial charge is 0.274 e. The molecule has 3 rings (SSSR count). The van der Waals surface area contributed by atoms with E-state index in [0.29, 0.717) is 12.2 Å². The molecule has 0 saturated carbocycles. The van der Waals surface area contributed by atoms with E-state index < -0.39 is 0 Å². The van der Waals surface area contributed by atoms with Crippen molar-refractivity contribution in [2.45, 2.75) is 6.42 Å². The van der Waals surface area contributed by atoms with Crippen LogP contribution >= 0.6 is 15.9 Å². The Hall–Kier alpha value is -1.89. The second-order valence-corrected chi connectivity index (χ2v) is 6.17. The van der Waals surface area contributed by atoms with Gasteiger partial charge >= 0.3 is 0 Å². The zero-order chi connectivity index (χ0) is 15.5. The Morgan fingerprint density at radius 1 is 1.23 bits per heavy atom. The maximum Gasteiger partial charge on any atom is 0.274 e. The molecule has 0 N–H and O–H groups in total. The van der Waals surface area contributed by atoms with E-state index in [1.165, 1.54) is 0 Å². The number of halogens is 1. The molecule has 2 aromatic rings. The van der Waals surface area contributed by atoms with Crippen LogP contribution in [0.15, 0.2) is 35.1 Å². The number of pyridine rings is 1. The number of anilines is 1. The molecule has 7 heteroatoms. The standard InChI is InChI=1S/C15H18BrN5O/c1-19-9-5-13(18-19)15(22)21-8-3-7-20(10-11-21)14-12(16)4-2-6-17-14/h2,4-6,9H,3,7-8,10-11H2,1H3. The Labute approximate surface area is 137 Å². The maximum atomic E-state index is 12.5. The van der Waals surface area contributed by atoms with Gasteiger partial charge in [0.2, 0.25) is 0 Å². The van der Waals surface area contributed by atoms with Gasteiger partial charge in [-0.05, 0) is 40.5 Å². The maximum absolute atomic E-state index is 12.5. The van der Waals surface area contributed by atoms with Crippen molar-refractivity contribution < 1.29 is 4.79 Å². The molecule has 22 heavy (non-hydrogen) atoms. The monoisotopic (exact) mass is 363 g/mol. The van der Waals surface area contributed by atoms with Crippen LogP contribution in [0.1, 0.15) is 16.9 Å². The Morgan fingerprint density at radius 3 is 2.82 bits per heavy atom. The fraction of sp³-hybridized carbons (Fsp3) is 0.400. The van der Waals surface area contributed by atoms with Gasteiger partial charge in [-0.2, -0.15) is 5.10 Å². The van der Waals surface area contributed by atoms with Crippen LogP contribution in [-0.4, -0.2) is 51.8 Å². The first-order valence-corrected chi connectivity index (χ1v) is 8.09. The summed E-state index contributed by atoms with van der Waals surface area (Å²) >= 11 is 3.54. The molecule has 2 aromatic heterocycles. The van der Waals surface area contributed by atoms with Gasteiger partial charge in [-0.15, -0.1) is 0 Å². The van der Waals surface area contributed by atoms with Gasteiger partial charge in [-0.3, -0.25) is 9.48 Å². The quantitative estimate of drug-likeness (QED) is 0.817. The molecule has 6 nitrogen and oxygen atoms in total. The molecule has 0 spiro atoms. The summed E-state index contributed by atoms with van der Waals surface area (Å²) in [5, 5.41) is 4.20. The van der Waals surface area contributed by atoms with Crippen LogP contribution in [0.3, 0.4) is 0 Å². The van der Waals surface area contributed by atoms with Crippen LogP contribution < -0.4 is 4.90 Å². The lowest BCUT2D eigenvalue weighted by Gasteiger charge is -2.23. The molecule has 0 atom stereocenters. The van der Waals surface area contributed by atoms with E-state index >= 15 is 0 Å². The van der Waals surface area contributed by atoms with Crippen molar-refractivity contribution in [3.8, 4) is 0 Å². The fourth-order valence-electron chi connectivity index (χ4n) is 2.63. The van der Waals surface area contributed by atoms with Crippen LogP contribution in [0, 0.1) is 0 Å². The fourth-order valence-corrected chi connectivity index (χ4v) is 3.14.